The van der Waals surface area contributed by atoms with Gasteiger partial charge >= 0.3 is 6.09 Å². The van der Waals surface area contributed by atoms with Gasteiger partial charge in [0.2, 0.25) is 0 Å². The van der Waals surface area contributed by atoms with Crippen LogP contribution in [0.3, 0.4) is 0 Å². The average Bonchev–Trinajstić information content (AvgIpc) is 3.08. The van der Waals surface area contributed by atoms with Crippen LogP contribution < -0.4 is 10.6 Å². The van der Waals surface area contributed by atoms with E-state index in [-0.39, 0.29) is 36.1 Å². The van der Waals surface area contributed by atoms with Crippen LogP contribution in [0.1, 0.15) is 47.5 Å². The van der Waals surface area contributed by atoms with E-state index < -0.39 is 5.60 Å². The summed E-state index contributed by atoms with van der Waals surface area (Å²) in [5.41, 5.74) is -0.481. The van der Waals surface area contributed by atoms with Crippen molar-refractivity contribution >= 4 is 36.0 Å². The molecule has 30 heavy (non-hydrogen) atoms. The first-order valence-electron chi connectivity index (χ1n) is 10.9. The second-order valence-corrected chi connectivity index (χ2v) is 9.44. The first kappa shape index (κ1) is 27.2. The molecule has 2 rings (SSSR count). The number of likely N-dealkylation sites (tertiary alicyclic amines) is 1. The SMILES string of the molecule is CN=C(NCC(CC(C)C)N1CCOCC1)N1CCC(NC(=O)OC(C)(C)C)C1.I. The van der Waals surface area contributed by atoms with Gasteiger partial charge in [0.05, 0.1) is 19.3 Å². The van der Waals surface area contributed by atoms with Crippen molar-refractivity contribution in [2.75, 3.05) is 53.0 Å². The van der Waals surface area contributed by atoms with Gasteiger partial charge < -0.3 is 25.0 Å². The largest absolute Gasteiger partial charge is 0.444 e. The number of morpholine rings is 1. The molecule has 2 heterocycles. The molecule has 2 fully saturated rings. The lowest BCUT2D eigenvalue weighted by atomic mass is 10.0. The molecule has 2 aliphatic heterocycles. The first-order chi connectivity index (χ1) is 13.7. The van der Waals surface area contributed by atoms with Crippen LogP contribution in [0.2, 0.25) is 0 Å². The highest BCUT2D eigenvalue weighted by Crippen LogP contribution is 2.15. The minimum Gasteiger partial charge on any atom is -0.444 e. The summed E-state index contributed by atoms with van der Waals surface area (Å²) in [5.74, 6) is 1.54. The maximum absolute atomic E-state index is 12.0. The van der Waals surface area contributed by atoms with Crippen molar-refractivity contribution < 1.29 is 14.3 Å². The van der Waals surface area contributed by atoms with Crippen molar-refractivity contribution in [1.82, 2.24) is 20.4 Å². The van der Waals surface area contributed by atoms with Gasteiger partial charge in [-0.25, -0.2) is 4.79 Å². The molecule has 2 saturated heterocycles. The second-order valence-electron chi connectivity index (χ2n) is 9.44. The third kappa shape index (κ3) is 9.55. The Morgan fingerprint density at radius 3 is 2.47 bits per heavy atom. The molecule has 0 aromatic heterocycles. The number of nitrogens with one attached hydrogen (secondary N) is 2. The molecule has 0 saturated carbocycles. The van der Waals surface area contributed by atoms with Crippen LogP contribution in [-0.4, -0.2) is 92.5 Å². The van der Waals surface area contributed by atoms with Crippen molar-refractivity contribution in [3.8, 4) is 0 Å². The lowest BCUT2D eigenvalue weighted by Gasteiger charge is -2.36. The molecule has 2 unspecified atom stereocenters. The molecule has 0 aromatic rings. The maximum Gasteiger partial charge on any atom is 0.407 e. The molecule has 0 spiro atoms. The number of halogens is 1. The van der Waals surface area contributed by atoms with Gasteiger partial charge in [-0.15, -0.1) is 24.0 Å². The Labute approximate surface area is 199 Å². The number of guanidine groups is 1. The number of amides is 1. The van der Waals surface area contributed by atoms with E-state index >= 15 is 0 Å². The van der Waals surface area contributed by atoms with Crippen LogP contribution in [0.4, 0.5) is 4.79 Å². The van der Waals surface area contributed by atoms with Crippen molar-refractivity contribution in [3.63, 3.8) is 0 Å². The van der Waals surface area contributed by atoms with Crippen molar-refractivity contribution in [3.05, 3.63) is 0 Å². The van der Waals surface area contributed by atoms with E-state index in [0.717, 1.165) is 64.7 Å². The third-order valence-corrected chi connectivity index (χ3v) is 5.22. The third-order valence-electron chi connectivity index (χ3n) is 5.22. The van der Waals surface area contributed by atoms with Gasteiger partial charge in [-0.05, 0) is 39.5 Å². The van der Waals surface area contributed by atoms with E-state index in [9.17, 15) is 4.79 Å². The summed E-state index contributed by atoms with van der Waals surface area (Å²) in [4.78, 5) is 21.3. The number of nitrogens with zero attached hydrogens (tertiary/aromatic N) is 3. The summed E-state index contributed by atoms with van der Waals surface area (Å²) in [5, 5.41) is 6.56. The fourth-order valence-corrected chi connectivity index (χ4v) is 3.93. The Morgan fingerprint density at radius 1 is 1.23 bits per heavy atom. The Hall–Kier alpha value is -0.810. The highest BCUT2D eigenvalue weighted by Gasteiger charge is 2.29. The van der Waals surface area contributed by atoms with Crippen LogP contribution in [0, 0.1) is 5.92 Å². The predicted molar refractivity (Wildman–Crippen MR) is 132 cm³/mol. The summed E-state index contributed by atoms with van der Waals surface area (Å²) in [6.07, 6.45) is 1.68. The van der Waals surface area contributed by atoms with Crippen LogP contribution in [0.25, 0.3) is 0 Å². The molecule has 2 aliphatic rings. The number of hydrogen-bond acceptors (Lipinski definition) is 5. The average molecular weight is 540 g/mol. The number of alkyl carbamates (subject to hydrolysis) is 1. The minimum atomic E-state index is -0.481. The molecule has 0 bridgehead atoms. The zero-order valence-electron chi connectivity index (χ0n) is 19.6. The van der Waals surface area contributed by atoms with Crippen LogP contribution in [0.5, 0.6) is 0 Å². The topological polar surface area (TPSA) is 78.4 Å². The lowest BCUT2D eigenvalue weighted by molar-refractivity contribution is 0.0131. The summed E-state index contributed by atoms with van der Waals surface area (Å²) in [7, 11) is 1.82. The first-order valence-corrected chi connectivity index (χ1v) is 10.9. The smallest absolute Gasteiger partial charge is 0.407 e. The zero-order valence-corrected chi connectivity index (χ0v) is 21.9. The predicted octanol–water partition coefficient (Wildman–Crippen LogP) is 2.53. The van der Waals surface area contributed by atoms with Crippen LogP contribution in [0.15, 0.2) is 4.99 Å². The lowest BCUT2D eigenvalue weighted by Crippen LogP contribution is -2.51. The van der Waals surface area contributed by atoms with E-state index in [1.54, 1.807) is 0 Å². The molecular formula is C21H42IN5O3. The fraction of sp³-hybridized carbons (Fsp3) is 0.905. The van der Waals surface area contributed by atoms with E-state index in [4.69, 9.17) is 9.47 Å². The number of carbonyl (C=O) groups excluding carboxylic acids is 1. The zero-order chi connectivity index (χ0) is 21.4. The van der Waals surface area contributed by atoms with Crippen LogP contribution in [-0.2, 0) is 9.47 Å². The molecule has 1 amide bonds. The molecule has 176 valence electrons. The molecule has 2 N–H and O–H groups in total. The van der Waals surface area contributed by atoms with Gasteiger partial charge in [-0.3, -0.25) is 9.89 Å². The number of aliphatic imine (C=N–C) groups is 1. The highest BCUT2D eigenvalue weighted by molar-refractivity contribution is 14.0. The quantitative estimate of drug-likeness (QED) is 0.307. The van der Waals surface area contributed by atoms with E-state index in [0.29, 0.717) is 12.0 Å². The van der Waals surface area contributed by atoms with E-state index in [2.05, 4.69) is 39.3 Å². The van der Waals surface area contributed by atoms with Gasteiger partial charge in [-0.2, -0.15) is 0 Å². The van der Waals surface area contributed by atoms with Crippen molar-refractivity contribution in [2.24, 2.45) is 10.9 Å². The number of ether oxygens (including phenoxy) is 2. The fourth-order valence-electron chi connectivity index (χ4n) is 3.93. The number of rotatable bonds is 6. The van der Waals surface area contributed by atoms with Crippen molar-refractivity contribution in [2.45, 2.75) is 65.1 Å². The van der Waals surface area contributed by atoms with Gasteiger partial charge in [0.25, 0.3) is 0 Å². The van der Waals surface area contributed by atoms with Crippen LogP contribution >= 0.6 is 24.0 Å². The van der Waals surface area contributed by atoms with E-state index in [1.807, 2.05) is 27.8 Å². The van der Waals surface area contributed by atoms with Gasteiger partial charge in [0, 0.05) is 45.8 Å². The summed E-state index contributed by atoms with van der Waals surface area (Å²) in [6.45, 7) is 16.3. The number of hydrogen-bond donors (Lipinski definition) is 2. The standard InChI is InChI=1S/C21H41N5O3.HI/c1-16(2)13-18(25-9-11-28-12-10-25)14-23-19(22-6)26-8-7-17(15-26)24-20(27)29-21(3,4)5;/h16-18H,7-15H2,1-6H3,(H,22,23)(H,24,27);1H. The highest BCUT2D eigenvalue weighted by atomic mass is 127. The maximum atomic E-state index is 12.0. The molecule has 8 nitrogen and oxygen atoms in total. The van der Waals surface area contributed by atoms with E-state index in [1.165, 1.54) is 0 Å². The minimum absolute atomic E-state index is 0. The summed E-state index contributed by atoms with van der Waals surface area (Å²) >= 11 is 0. The second kappa shape index (κ2) is 12.9. The van der Waals surface area contributed by atoms with Crippen molar-refractivity contribution in [1.29, 1.82) is 0 Å². The van der Waals surface area contributed by atoms with Gasteiger partial charge in [0.1, 0.15) is 5.60 Å². The monoisotopic (exact) mass is 539 g/mol. The molecule has 0 aliphatic carbocycles. The number of carbonyl (C=O) groups is 1. The Morgan fingerprint density at radius 2 is 1.90 bits per heavy atom. The summed E-state index contributed by atoms with van der Waals surface area (Å²) < 4.78 is 10.9. The normalized spacial score (nSPS) is 21.9. The molecular weight excluding hydrogens is 497 g/mol. The molecule has 9 heteroatoms. The Balaban J connectivity index is 0.00000450. The Bertz CT molecular complexity index is 547. The molecule has 0 aromatic carbocycles. The van der Waals surface area contributed by atoms with Gasteiger partial charge in [0.15, 0.2) is 5.96 Å². The Kier molecular flexibility index (Phi) is 11.7. The summed E-state index contributed by atoms with van der Waals surface area (Å²) in [6, 6.07) is 0.544. The molecule has 2 atom stereocenters. The van der Waals surface area contributed by atoms with Gasteiger partial charge in [-0.1, -0.05) is 13.8 Å². The molecule has 0 radical (unpaired) electrons.